The van der Waals surface area contributed by atoms with Crippen LogP contribution in [0.25, 0.3) is 11.3 Å². The third-order valence-electron chi connectivity index (χ3n) is 3.29. The van der Waals surface area contributed by atoms with Crippen LogP contribution in [0.2, 0.25) is 5.15 Å². The molecule has 5 nitrogen and oxygen atoms in total. The maximum Gasteiger partial charge on any atom is 0.339 e. The van der Waals surface area contributed by atoms with Gasteiger partial charge >= 0.3 is 10.1 Å². The zero-order valence-electron chi connectivity index (χ0n) is 12.7. The Labute approximate surface area is 145 Å². The number of halogens is 1. The Hall–Kier alpha value is -2.44. The second-order valence-electron chi connectivity index (χ2n) is 5.10. The summed E-state index contributed by atoms with van der Waals surface area (Å²) >= 11 is 5.85. The number of nitrogens with zero attached hydrogens (tertiary/aromatic N) is 2. The van der Waals surface area contributed by atoms with Gasteiger partial charge in [0.1, 0.15) is 10.6 Å². The van der Waals surface area contributed by atoms with Crippen molar-refractivity contribution in [3.8, 4) is 17.0 Å². The van der Waals surface area contributed by atoms with E-state index in [0.29, 0.717) is 11.3 Å². The third kappa shape index (κ3) is 3.55. The molecule has 0 aliphatic rings. The summed E-state index contributed by atoms with van der Waals surface area (Å²) in [6, 6.07) is 16.7. The second-order valence-corrected chi connectivity index (χ2v) is 7.03. The number of hydrogen-bond donors (Lipinski definition) is 0. The average molecular weight is 361 g/mol. The highest BCUT2D eigenvalue weighted by Gasteiger charge is 2.20. The Morgan fingerprint density at radius 3 is 2.29 bits per heavy atom. The van der Waals surface area contributed by atoms with Crippen molar-refractivity contribution in [2.24, 2.45) is 0 Å². The van der Waals surface area contributed by atoms with Crippen molar-refractivity contribution < 1.29 is 12.6 Å². The summed E-state index contributed by atoms with van der Waals surface area (Å²) in [5, 5.41) is 7.79. The van der Waals surface area contributed by atoms with Gasteiger partial charge < -0.3 is 4.18 Å². The van der Waals surface area contributed by atoms with E-state index >= 15 is 0 Å². The zero-order valence-corrected chi connectivity index (χ0v) is 14.3. The Morgan fingerprint density at radius 2 is 1.62 bits per heavy atom. The summed E-state index contributed by atoms with van der Waals surface area (Å²) in [6.45, 7) is 1.87. The van der Waals surface area contributed by atoms with Crippen molar-refractivity contribution in [3.05, 3.63) is 71.4 Å². The van der Waals surface area contributed by atoms with Crippen LogP contribution in [0, 0.1) is 6.92 Å². The second kappa shape index (κ2) is 6.59. The van der Waals surface area contributed by atoms with Crippen molar-refractivity contribution in [2.75, 3.05) is 0 Å². The smallest absolute Gasteiger partial charge is 0.339 e. The molecule has 0 atom stereocenters. The first-order valence-corrected chi connectivity index (χ1v) is 8.84. The van der Waals surface area contributed by atoms with Gasteiger partial charge in [-0.05, 0) is 19.1 Å². The molecule has 0 aliphatic carbocycles. The monoisotopic (exact) mass is 360 g/mol. The lowest BCUT2D eigenvalue weighted by molar-refractivity contribution is 0.485. The van der Waals surface area contributed by atoms with Gasteiger partial charge in [-0.15, -0.1) is 10.2 Å². The van der Waals surface area contributed by atoms with E-state index < -0.39 is 10.1 Å². The highest BCUT2D eigenvalue weighted by Crippen LogP contribution is 2.31. The van der Waals surface area contributed by atoms with Gasteiger partial charge in [-0.25, -0.2) is 0 Å². The predicted octanol–water partition coefficient (Wildman–Crippen LogP) is 3.87. The molecular formula is C17H13ClN2O3S. The summed E-state index contributed by atoms with van der Waals surface area (Å²) in [5.74, 6) is 0.0294. The van der Waals surface area contributed by atoms with Crippen molar-refractivity contribution in [3.63, 3.8) is 0 Å². The van der Waals surface area contributed by atoms with Crippen LogP contribution in [0.1, 0.15) is 5.56 Å². The summed E-state index contributed by atoms with van der Waals surface area (Å²) in [5.41, 5.74) is 1.93. The Kier molecular flexibility index (Phi) is 4.51. The Balaban J connectivity index is 2.03. The number of rotatable bonds is 4. The molecule has 0 bridgehead atoms. The number of aryl methyl sites for hydroxylation is 1. The van der Waals surface area contributed by atoms with E-state index in [0.717, 1.165) is 5.56 Å². The molecule has 0 amide bonds. The van der Waals surface area contributed by atoms with E-state index in [1.807, 2.05) is 25.1 Å². The molecule has 0 unspecified atom stereocenters. The quantitative estimate of drug-likeness (QED) is 0.660. The lowest BCUT2D eigenvalue weighted by atomic mass is 10.1. The highest BCUT2D eigenvalue weighted by molar-refractivity contribution is 7.87. The molecule has 0 saturated carbocycles. The largest absolute Gasteiger partial charge is 0.376 e. The van der Waals surface area contributed by atoms with Crippen LogP contribution in [0.3, 0.4) is 0 Å². The predicted molar refractivity (Wildman–Crippen MR) is 91.5 cm³/mol. The van der Waals surface area contributed by atoms with Gasteiger partial charge in [0.05, 0.1) is 0 Å². The Morgan fingerprint density at radius 1 is 0.958 bits per heavy atom. The van der Waals surface area contributed by atoms with Crippen LogP contribution in [-0.2, 0) is 10.1 Å². The highest BCUT2D eigenvalue weighted by atomic mass is 35.5. The van der Waals surface area contributed by atoms with E-state index in [2.05, 4.69) is 10.2 Å². The zero-order chi connectivity index (χ0) is 17.2. The fourth-order valence-corrected chi connectivity index (χ4v) is 3.15. The molecule has 7 heteroatoms. The van der Waals surface area contributed by atoms with Gasteiger partial charge in [0.25, 0.3) is 0 Å². The van der Waals surface area contributed by atoms with E-state index in [1.165, 1.54) is 18.2 Å². The van der Waals surface area contributed by atoms with Crippen LogP contribution in [0.5, 0.6) is 5.75 Å². The first kappa shape index (κ1) is 16.4. The van der Waals surface area contributed by atoms with E-state index in [4.69, 9.17) is 15.8 Å². The van der Waals surface area contributed by atoms with Crippen LogP contribution in [-0.4, -0.2) is 18.6 Å². The lowest BCUT2D eigenvalue weighted by Gasteiger charge is -2.11. The van der Waals surface area contributed by atoms with Crippen molar-refractivity contribution in [1.82, 2.24) is 10.2 Å². The molecule has 0 N–H and O–H groups in total. The van der Waals surface area contributed by atoms with Crippen LogP contribution in [0.15, 0.2) is 65.6 Å². The fraction of sp³-hybridized carbons (Fsp3) is 0.0588. The van der Waals surface area contributed by atoms with Gasteiger partial charge in [-0.2, -0.15) is 8.42 Å². The SMILES string of the molecule is Cc1ccc(S(=O)(=O)Oc2cc(Cl)nnc2-c2ccccc2)cc1. The summed E-state index contributed by atoms with van der Waals surface area (Å²) in [4.78, 5) is 0.0556. The van der Waals surface area contributed by atoms with E-state index in [1.54, 1.807) is 24.3 Å². The molecule has 122 valence electrons. The molecular weight excluding hydrogens is 348 g/mol. The van der Waals surface area contributed by atoms with Crippen LogP contribution >= 0.6 is 11.6 Å². The first-order chi connectivity index (χ1) is 11.5. The standard InChI is InChI=1S/C17H13ClN2O3S/c1-12-7-9-14(10-8-12)24(21,22)23-15-11-16(18)19-20-17(15)13-5-3-2-4-6-13/h2-11H,1H3. The maximum absolute atomic E-state index is 12.5. The summed E-state index contributed by atoms with van der Waals surface area (Å²) in [6.07, 6.45) is 0. The minimum atomic E-state index is -4.00. The van der Waals surface area contributed by atoms with Crippen molar-refractivity contribution >= 4 is 21.7 Å². The van der Waals surface area contributed by atoms with Crippen LogP contribution < -0.4 is 4.18 Å². The molecule has 1 heterocycles. The molecule has 24 heavy (non-hydrogen) atoms. The van der Waals surface area contributed by atoms with Gasteiger partial charge in [0.15, 0.2) is 10.9 Å². The molecule has 1 aromatic heterocycles. The summed E-state index contributed by atoms with van der Waals surface area (Å²) in [7, 11) is -4.00. The maximum atomic E-state index is 12.5. The Bertz CT molecular complexity index is 959. The topological polar surface area (TPSA) is 69.2 Å². The van der Waals surface area contributed by atoms with Crippen molar-refractivity contribution in [1.29, 1.82) is 0 Å². The minimum absolute atomic E-state index is 0.0294. The molecule has 0 saturated heterocycles. The average Bonchev–Trinajstić information content (AvgIpc) is 2.56. The first-order valence-electron chi connectivity index (χ1n) is 7.05. The van der Waals surface area contributed by atoms with Crippen molar-refractivity contribution in [2.45, 2.75) is 11.8 Å². The molecule has 0 aliphatic heterocycles. The molecule has 2 aromatic carbocycles. The van der Waals surface area contributed by atoms with Gasteiger partial charge in [0.2, 0.25) is 0 Å². The van der Waals surface area contributed by atoms with Gasteiger partial charge in [-0.3, -0.25) is 0 Å². The number of aromatic nitrogens is 2. The number of hydrogen-bond acceptors (Lipinski definition) is 5. The molecule has 0 fully saturated rings. The normalized spacial score (nSPS) is 11.2. The molecule has 0 radical (unpaired) electrons. The lowest BCUT2D eigenvalue weighted by Crippen LogP contribution is -2.11. The van der Waals surface area contributed by atoms with Gasteiger partial charge in [0, 0.05) is 11.6 Å². The minimum Gasteiger partial charge on any atom is -0.376 e. The molecule has 3 aromatic rings. The van der Waals surface area contributed by atoms with Gasteiger partial charge in [-0.1, -0.05) is 59.6 Å². The van der Waals surface area contributed by atoms with E-state index in [-0.39, 0.29) is 15.8 Å². The fourth-order valence-electron chi connectivity index (χ4n) is 2.08. The molecule has 0 spiro atoms. The van der Waals surface area contributed by atoms with Crippen LogP contribution in [0.4, 0.5) is 0 Å². The third-order valence-corrected chi connectivity index (χ3v) is 4.72. The molecule has 3 rings (SSSR count). The van der Waals surface area contributed by atoms with E-state index in [9.17, 15) is 8.42 Å². The number of benzene rings is 2. The summed E-state index contributed by atoms with van der Waals surface area (Å²) < 4.78 is 30.3.